The standard InChI is InChI=1S/C22H20N6O2/c29-20(26-13-6-8-16-7-4-5-11-18(16)26)15-28-22(30)27-14-12-19(24-21(27)25-28)23-17-9-2-1-3-10-17/h1-5,7,9-12,14H,6,8,13,15H2,(H,23,24,25). The Morgan fingerprint density at radius 1 is 1.03 bits per heavy atom. The molecule has 0 saturated heterocycles. The van der Waals surface area contributed by atoms with E-state index in [0.29, 0.717) is 12.4 Å². The van der Waals surface area contributed by atoms with E-state index in [1.807, 2.05) is 54.6 Å². The molecule has 0 fully saturated rings. The topological polar surface area (TPSA) is 84.5 Å². The zero-order valence-corrected chi connectivity index (χ0v) is 16.2. The fraction of sp³-hybridized carbons (Fsp3) is 0.182. The highest BCUT2D eigenvalue weighted by molar-refractivity contribution is 5.94. The number of aromatic nitrogens is 4. The second-order valence-electron chi connectivity index (χ2n) is 7.19. The molecule has 0 unspecified atom stereocenters. The van der Waals surface area contributed by atoms with E-state index in [4.69, 9.17) is 0 Å². The SMILES string of the molecule is O=C(Cn1nc2nc(Nc3ccccc3)ccn2c1=O)N1CCCc2ccccc21. The molecule has 1 N–H and O–H groups in total. The van der Waals surface area contributed by atoms with Crippen LogP contribution >= 0.6 is 0 Å². The van der Waals surface area contributed by atoms with E-state index in [2.05, 4.69) is 15.4 Å². The maximum absolute atomic E-state index is 13.0. The molecule has 0 aliphatic carbocycles. The normalized spacial score (nSPS) is 13.3. The van der Waals surface area contributed by atoms with Crippen molar-refractivity contribution >= 4 is 28.9 Å². The summed E-state index contributed by atoms with van der Waals surface area (Å²) in [5.41, 5.74) is 2.56. The van der Waals surface area contributed by atoms with E-state index in [9.17, 15) is 9.59 Å². The number of carbonyl (C=O) groups is 1. The maximum Gasteiger partial charge on any atom is 0.352 e. The van der Waals surface area contributed by atoms with Gasteiger partial charge in [-0.25, -0.2) is 13.9 Å². The predicted octanol–water partition coefficient (Wildman–Crippen LogP) is 2.61. The van der Waals surface area contributed by atoms with Crippen molar-refractivity contribution in [1.82, 2.24) is 19.2 Å². The number of rotatable bonds is 4. The predicted molar refractivity (Wildman–Crippen MR) is 114 cm³/mol. The van der Waals surface area contributed by atoms with Gasteiger partial charge in [-0.15, -0.1) is 5.10 Å². The third-order valence-electron chi connectivity index (χ3n) is 5.20. The molecule has 8 heteroatoms. The second-order valence-corrected chi connectivity index (χ2v) is 7.19. The summed E-state index contributed by atoms with van der Waals surface area (Å²) in [6, 6.07) is 19.2. The van der Waals surface area contributed by atoms with E-state index in [1.54, 1.807) is 17.2 Å². The molecule has 0 atom stereocenters. The van der Waals surface area contributed by atoms with Gasteiger partial charge in [0.05, 0.1) is 0 Å². The number of amides is 1. The quantitative estimate of drug-likeness (QED) is 0.569. The molecular formula is C22H20N6O2. The molecule has 0 radical (unpaired) electrons. The number of nitrogens with zero attached hydrogens (tertiary/aromatic N) is 5. The lowest BCUT2D eigenvalue weighted by molar-refractivity contribution is -0.119. The summed E-state index contributed by atoms with van der Waals surface area (Å²) in [5, 5.41) is 7.45. The Hall–Kier alpha value is -3.94. The van der Waals surface area contributed by atoms with Gasteiger partial charge in [-0.1, -0.05) is 36.4 Å². The molecule has 5 rings (SSSR count). The molecule has 1 amide bonds. The molecule has 0 bridgehead atoms. The van der Waals surface area contributed by atoms with Gasteiger partial charge in [-0.05, 0) is 42.7 Å². The Labute approximate surface area is 172 Å². The Kier molecular flexibility index (Phi) is 4.51. The van der Waals surface area contributed by atoms with Gasteiger partial charge in [0, 0.05) is 24.1 Å². The Morgan fingerprint density at radius 3 is 2.70 bits per heavy atom. The number of aryl methyl sites for hydroxylation is 1. The van der Waals surface area contributed by atoms with E-state index in [1.165, 1.54) is 9.08 Å². The van der Waals surface area contributed by atoms with Crippen LogP contribution in [0.1, 0.15) is 12.0 Å². The molecule has 2 aromatic heterocycles. The lowest BCUT2D eigenvalue weighted by Gasteiger charge is -2.29. The summed E-state index contributed by atoms with van der Waals surface area (Å²) in [6.45, 7) is 0.513. The van der Waals surface area contributed by atoms with Crippen molar-refractivity contribution in [1.29, 1.82) is 0 Å². The van der Waals surface area contributed by atoms with Crippen LogP contribution in [0.4, 0.5) is 17.2 Å². The molecule has 8 nitrogen and oxygen atoms in total. The summed E-state index contributed by atoms with van der Waals surface area (Å²) in [7, 11) is 0. The van der Waals surface area contributed by atoms with Crippen molar-refractivity contribution in [3.8, 4) is 0 Å². The first-order valence-corrected chi connectivity index (χ1v) is 9.85. The van der Waals surface area contributed by atoms with Gasteiger partial charge in [-0.2, -0.15) is 4.98 Å². The number of nitrogens with one attached hydrogen (secondary N) is 1. The molecule has 2 aromatic carbocycles. The smallest absolute Gasteiger partial charge is 0.340 e. The average Bonchev–Trinajstić information content (AvgIpc) is 3.08. The first-order valence-electron chi connectivity index (χ1n) is 9.85. The van der Waals surface area contributed by atoms with Gasteiger partial charge < -0.3 is 10.2 Å². The second kappa shape index (κ2) is 7.47. The van der Waals surface area contributed by atoms with E-state index >= 15 is 0 Å². The molecule has 0 spiro atoms. The third-order valence-corrected chi connectivity index (χ3v) is 5.20. The largest absolute Gasteiger partial charge is 0.352 e. The monoisotopic (exact) mass is 400 g/mol. The molecule has 150 valence electrons. The Morgan fingerprint density at radius 2 is 1.83 bits per heavy atom. The van der Waals surface area contributed by atoms with E-state index in [-0.39, 0.29) is 23.9 Å². The van der Waals surface area contributed by atoms with Crippen molar-refractivity contribution in [3.63, 3.8) is 0 Å². The summed E-state index contributed by atoms with van der Waals surface area (Å²) in [5.74, 6) is 0.658. The molecular weight excluding hydrogens is 380 g/mol. The number of hydrogen-bond acceptors (Lipinski definition) is 5. The summed E-state index contributed by atoms with van der Waals surface area (Å²) in [6.07, 6.45) is 3.47. The lowest BCUT2D eigenvalue weighted by Crippen LogP contribution is -2.39. The summed E-state index contributed by atoms with van der Waals surface area (Å²) in [4.78, 5) is 31.8. The number of carbonyl (C=O) groups excluding carboxylic acids is 1. The third kappa shape index (κ3) is 3.32. The van der Waals surface area contributed by atoms with Crippen LogP contribution in [0, 0.1) is 0 Å². The van der Waals surface area contributed by atoms with Crippen molar-refractivity contribution < 1.29 is 4.79 Å². The van der Waals surface area contributed by atoms with E-state index in [0.717, 1.165) is 29.8 Å². The molecule has 30 heavy (non-hydrogen) atoms. The fourth-order valence-electron chi connectivity index (χ4n) is 3.75. The van der Waals surface area contributed by atoms with Gasteiger partial charge in [0.1, 0.15) is 12.4 Å². The first kappa shape index (κ1) is 18.1. The summed E-state index contributed by atoms with van der Waals surface area (Å²) >= 11 is 0. The average molecular weight is 400 g/mol. The first-order chi connectivity index (χ1) is 14.7. The zero-order chi connectivity index (χ0) is 20.5. The van der Waals surface area contributed by atoms with E-state index < -0.39 is 0 Å². The van der Waals surface area contributed by atoms with Crippen LogP contribution in [0.25, 0.3) is 5.78 Å². The van der Waals surface area contributed by atoms with Gasteiger partial charge >= 0.3 is 5.69 Å². The van der Waals surface area contributed by atoms with Crippen molar-refractivity contribution in [3.05, 3.63) is 82.9 Å². The van der Waals surface area contributed by atoms with Crippen molar-refractivity contribution in [2.45, 2.75) is 19.4 Å². The molecule has 1 aliphatic heterocycles. The minimum atomic E-state index is -0.387. The number of hydrogen-bond donors (Lipinski definition) is 1. The van der Waals surface area contributed by atoms with Crippen LogP contribution in [0.15, 0.2) is 71.7 Å². The molecule has 4 aromatic rings. The Balaban J connectivity index is 1.40. The van der Waals surface area contributed by atoms with Crippen LogP contribution in [-0.4, -0.2) is 31.6 Å². The number of para-hydroxylation sites is 2. The molecule has 1 aliphatic rings. The minimum absolute atomic E-state index is 0.127. The zero-order valence-electron chi connectivity index (χ0n) is 16.2. The molecule has 3 heterocycles. The van der Waals surface area contributed by atoms with Gasteiger partial charge in [0.25, 0.3) is 5.78 Å². The van der Waals surface area contributed by atoms with Crippen LogP contribution in [0.5, 0.6) is 0 Å². The van der Waals surface area contributed by atoms with Crippen LogP contribution in [0.2, 0.25) is 0 Å². The fourth-order valence-corrected chi connectivity index (χ4v) is 3.75. The highest BCUT2D eigenvalue weighted by Gasteiger charge is 2.23. The van der Waals surface area contributed by atoms with Crippen LogP contribution < -0.4 is 15.9 Å². The van der Waals surface area contributed by atoms with Crippen molar-refractivity contribution in [2.75, 3.05) is 16.8 Å². The highest BCUT2D eigenvalue weighted by atomic mass is 16.2. The molecule has 0 saturated carbocycles. The van der Waals surface area contributed by atoms with Crippen LogP contribution in [0.3, 0.4) is 0 Å². The van der Waals surface area contributed by atoms with Gasteiger partial charge in [0.2, 0.25) is 5.91 Å². The minimum Gasteiger partial charge on any atom is -0.340 e. The Bertz CT molecular complexity index is 1280. The number of benzene rings is 2. The van der Waals surface area contributed by atoms with Crippen molar-refractivity contribution in [2.24, 2.45) is 0 Å². The number of anilines is 3. The highest BCUT2D eigenvalue weighted by Crippen LogP contribution is 2.26. The van der Waals surface area contributed by atoms with Gasteiger partial charge in [-0.3, -0.25) is 4.79 Å². The van der Waals surface area contributed by atoms with Gasteiger partial charge in [0.15, 0.2) is 0 Å². The van der Waals surface area contributed by atoms with Crippen LogP contribution in [-0.2, 0) is 17.8 Å². The summed E-state index contributed by atoms with van der Waals surface area (Å²) < 4.78 is 2.52. The maximum atomic E-state index is 13.0. The lowest BCUT2D eigenvalue weighted by atomic mass is 10.0. The number of fused-ring (bicyclic) bond motifs is 2.